The van der Waals surface area contributed by atoms with Gasteiger partial charge in [0, 0.05) is 17.3 Å². The van der Waals surface area contributed by atoms with Gasteiger partial charge in [-0.15, -0.1) is 29.7 Å². The molecule has 5 rings (SSSR count). The molecule has 4 heteroatoms. The fourth-order valence-corrected chi connectivity index (χ4v) is 5.56. The van der Waals surface area contributed by atoms with Crippen molar-refractivity contribution < 1.29 is 17.3 Å². The Morgan fingerprint density at radius 3 is 2.03 bits per heavy atom. The first-order valence-electron chi connectivity index (χ1n) is 13.0. The van der Waals surface area contributed by atoms with Gasteiger partial charge in [-0.3, -0.25) is 4.98 Å². The SMILES string of the molecule is Cc1cccc(C)c1-c1cnc2c3[c-]cccc3c3cc(CC(C)(C)C)c(CC(C)(C)C)cc3n12.[Cl][Zn+]. The normalized spacial score (nSPS) is 12.3. The third-order valence-electron chi connectivity index (χ3n) is 6.87. The van der Waals surface area contributed by atoms with Crippen molar-refractivity contribution in [1.82, 2.24) is 9.38 Å². The van der Waals surface area contributed by atoms with Crippen LogP contribution in [0, 0.1) is 30.7 Å². The first-order chi connectivity index (χ1) is 17.4. The number of aromatic nitrogens is 2. The van der Waals surface area contributed by atoms with E-state index in [2.05, 4.69) is 115 Å². The summed E-state index contributed by atoms with van der Waals surface area (Å²) in [6.07, 6.45) is 4.15. The van der Waals surface area contributed by atoms with Crippen LogP contribution in [0.4, 0.5) is 0 Å². The molecule has 0 aliphatic rings. The third kappa shape index (κ3) is 5.64. The molecule has 0 spiro atoms. The Morgan fingerprint density at radius 1 is 0.838 bits per heavy atom. The molecule has 0 aliphatic carbocycles. The van der Waals surface area contributed by atoms with Gasteiger partial charge in [0.25, 0.3) is 0 Å². The van der Waals surface area contributed by atoms with Gasteiger partial charge in [0.2, 0.25) is 0 Å². The van der Waals surface area contributed by atoms with Crippen LogP contribution in [0.2, 0.25) is 0 Å². The number of hydrogen-bond acceptors (Lipinski definition) is 1. The second kappa shape index (κ2) is 10.5. The molecule has 2 heterocycles. The molecule has 0 saturated carbocycles. The van der Waals surface area contributed by atoms with Crippen LogP contribution in [0.3, 0.4) is 0 Å². The summed E-state index contributed by atoms with van der Waals surface area (Å²) in [5, 5.41) is 3.60. The quantitative estimate of drug-likeness (QED) is 0.122. The Labute approximate surface area is 236 Å². The van der Waals surface area contributed by atoms with Crippen LogP contribution in [-0.2, 0) is 30.2 Å². The topological polar surface area (TPSA) is 17.3 Å². The zero-order chi connectivity index (χ0) is 27.1. The number of halogens is 1. The molecule has 3 aromatic carbocycles. The molecule has 2 aromatic heterocycles. The molecule has 0 unspecified atom stereocenters. The van der Waals surface area contributed by atoms with E-state index in [1.54, 1.807) is 0 Å². The van der Waals surface area contributed by atoms with Crippen molar-refractivity contribution in [1.29, 1.82) is 0 Å². The predicted octanol–water partition coefficient (Wildman–Crippen LogP) is 9.59. The first-order valence-corrected chi connectivity index (χ1v) is 16.9. The summed E-state index contributed by atoms with van der Waals surface area (Å²) in [7, 11) is 4.76. The molecule has 0 saturated heterocycles. The van der Waals surface area contributed by atoms with Crippen molar-refractivity contribution >= 4 is 37.0 Å². The number of fused-ring (bicyclic) bond motifs is 6. The number of rotatable bonds is 3. The molecular formula is C33H37ClN2Zn. The number of hydrogen-bond donors (Lipinski definition) is 0. The van der Waals surface area contributed by atoms with Gasteiger partial charge in [-0.2, -0.15) is 0 Å². The van der Waals surface area contributed by atoms with E-state index in [4.69, 9.17) is 14.7 Å². The summed E-state index contributed by atoms with van der Waals surface area (Å²) < 4.78 is 2.39. The van der Waals surface area contributed by atoms with Gasteiger partial charge in [-0.1, -0.05) is 71.2 Å². The van der Waals surface area contributed by atoms with Crippen molar-refractivity contribution in [2.24, 2.45) is 10.8 Å². The molecule has 2 nitrogen and oxygen atoms in total. The predicted molar refractivity (Wildman–Crippen MR) is 156 cm³/mol. The zero-order valence-corrected chi connectivity index (χ0v) is 27.3. The van der Waals surface area contributed by atoms with E-state index >= 15 is 0 Å². The van der Waals surface area contributed by atoms with Crippen molar-refractivity contribution in [3.8, 4) is 11.3 Å². The molecule has 0 radical (unpaired) electrons. The van der Waals surface area contributed by atoms with E-state index < -0.39 is 0 Å². The van der Waals surface area contributed by atoms with E-state index in [0.29, 0.717) is 0 Å². The molecule has 0 aliphatic heterocycles. The number of aryl methyl sites for hydroxylation is 2. The van der Waals surface area contributed by atoms with Crippen molar-refractivity contribution in [2.45, 2.75) is 68.2 Å². The van der Waals surface area contributed by atoms with Crippen molar-refractivity contribution in [2.75, 3.05) is 0 Å². The minimum atomic E-state index is 0.203. The molecule has 0 N–H and O–H groups in total. The second-order valence-corrected chi connectivity index (χ2v) is 12.6. The number of nitrogens with zero attached hydrogens (tertiary/aromatic N) is 2. The van der Waals surface area contributed by atoms with Gasteiger partial charge in [0.05, 0.1) is 11.3 Å². The Balaban J connectivity index is 0.00000156. The number of benzene rings is 3. The van der Waals surface area contributed by atoms with Crippen molar-refractivity contribution in [3.63, 3.8) is 0 Å². The maximum absolute atomic E-state index is 4.97. The van der Waals surface area contributed by atoms with E-state index in [-0.39, 0.29) is 10.8 Å². The van der Waals surface area contributed by atoms with Crippen LogP contribution >= 0.6 is 9.69 Å². The van der Waals surface area contributed by atoms with Gasteiger partial charge in [-0.25, -0.2) is 0 Å². The first kappa shape index (κ1) is 27.8. The molecule has 0 bridgehead atoms. The molecule has 0 fully saturated rings. The fraction of sp³-hybridized carbons (Fsp3) is 0.364. The van der Waals surface area contributed by atoms with Crippen molar-refractivity contribution in [3.05, 3.63) is 83.0 Å². The van der Waals surface area contributed by atoms with Gasteiger partial charge in [-0.05, 0) is 71.2 Å². The van der Waals surface area contributed by atoms with Gasteiger partial charge >= 0.3 is 27.0 Å². The molecule has 188 valence electrons. The Bertz CT molecular complexity index is 1560. The monoisotopic (exact) mass is 560 g/mol. The van der Waals surface area contributed by atoms with Crippen LogP contribution in [0.5, 0.6) is 0 Å². The summed E-state index contributed by atoms with van der Waals surface area (Å²) in [4.78, 5) is 4.97. The zero-order valence-electron chi connectivity index (χ0n) is 23.6. The Hall–Kier alpha value is -2.22. The van der Waals surface area contributed by atoms with E-state index in [9.17, 15) is 0 Å². The van der Waals surface area contributed by atoms with Gasteiger partial charge in [0.1, 0.15) is 0 Å². The summed E-state index contributed by atoms with van der Waals surface area (Å²) in [6, 6.07) is 21.3. The van der Waals surface area contributed by atoms with Crippen LogP contribution < -0.4 is 0 Å². The molecular weight excluding hydrogens is 525 g/mol. The van der Waals surface area contributed by atoms with Gasteiger partial charge < -0.3 is 4.40 Å². The summed E-state index contributed by atoms with van der Waals surface area (Å²) in [5.74, 6) is 0. The second-order valence-electron chi connectivity index (χ2n) is 12.6. The van der Waals surface area contributed by atoms with Crippen LogP contribution in [-0.4, -0.2) is 9.38 Å². The van der Waals surface area contributed by atoms with Crippen LogP contribution in [0.1, 0.15) is 63.8 Å². The standard InChI is InChI=1S/C33H37N2.ClH.Zn/c1-21-12-11-13-22(2)30(21)29-20-34-31-26-15-10-9-14-25(26)27-16-23(18-32(3,4)5)24(19-33(6,7)8)17-28(27)35(29)31;;/h9-14,16-17,20H,18-19H2,1-8H3;1H;/q-1;;+2/p-1. The Kier molecular flexibility index (Phi) is 7.90. The average Bonchev–Trinajstić information content (AvgIpc) is 3.24. The van der Waals surface area contributed by atoms with E-state index in [1.807, 2.05) is 6.07 Å². The molecule has 0 amide bonds. The van der Waals surface area contributed by atoms with E-state index in [1.165, 1.54) is 44.1 Å². The average molecular weight is 563 g/mol. The summed E-state index contributed by atoms with van der Waals surface area (Å²) in [5.41, 5.74) is 10.5. The summed E-state index contributed by atoms with van der Waals surface area (Å²) in [6.45, 7) is 18.4. The fourth-order valence-electron chi connectivity index (χ4n) is 5.56. The maximum atomic E-state index is 4.97. The Morgan fingerprint density at radius 2 is 1.43 bits per heavy atom. The molecule has 0 atom stereocenters. The minimum absolute atomic E-state index is 0.203. The van der Waals surface area contributed by atoms with Gasteiger partial charge in [0.15, 0.2) is 0 Å². The number of pyridine rings is 1. The number of imidazole rings is 1. The van der Waals surface area contributed by atoms with Crippen LogP contribution in [0.15, 0.2) is 54.7 Å². The third-order valence-corrected chi connectivity index (χ3v) is 6.87. The van der Waals surface area contributed by atoms with E-state index in [0.717, 1.165) is 46.9 Å². The van der Waals surface area contributed by atoms with Crippen LogP contribution in [0.25, 0.3) is 38.6 Å². The molecule has 37 heavy (non-hydrogen) atoms. The molecule has 5 aromatic rings. The summed E-state index contributed by atoms with van der Waals surface area (Å²) >= 11 is 0.847.